The topological polar surface area (TPSA) is 121 Å². The predicted octanol–water partition coefficient (Wildman–Crippen LogP) is 3.19. The fourth-order valence-corrected chi connectivity index (χ4v) is 5.01. The molecule has 1 aromatic heterocycles. The van der Waals surface area contributed by atoms with Crippen molar-refractivity contribution in [1.29, 1.82) is 0 Å². The highest BCUT2D eigenvalue weighted by Gasteiger charge is 2.31. The van der Waals surface area contributed by atoms with Crippen LogP contribution < -0.4 is 10.6 Å². The van der Waals surface area contributed by atoms with Gasteiger partial charge in [0.1, 0.15) is 11.4 Å². The molecule has 0 aliphatic carbocycles. The number of likely N-dealkylation sites (N-methyl/N-ethyl adjacent to an activating group) is 1. The van der Waals surface area contributed by atoms with Gasteiger partial charge in [0.25, 0.3) is 11.8 Å². The number of hydrogen-bond acceptors (Lipinski definition) is 6. The van der Waals surface area contributed by atoms with Crippen LogP contribution in [0.1, 0.15) is 67.0 Å². The van der Waals surface area contributed by atoms with Crippen LogP contribution in [0.3, 0.4) is 0 Å². The first kappa shape index (κ1) is 27.8. The number of nitrogens with one attached hydrogen (secondary N) is 3. The Morgan fingerprint density at radius 3 is 2.68 bits per heavy atom. The minimum Gasteiger partial charge on any atom is -0.381 e. The Labute approximate surface area is 222 Å². The van der Waals surface area contributed by atoms with Gasteiger partial charge in [-0.3, -0.25) is 9.59 Å². The van der Waals surface area contributed by atoms with Crippen LogP contribution in [-0.2, 0) is 11.2 Å². The van der Waals surface area contributed by atoms with E-state index in [4.69, 9.17) is 0 Å². The number of carbonyl (C=O) groups excluding carboxylic acids is 2. The molecule has 2 amide bonds. The van der Waals surface area contributed by atoms with Gasteiger partial charge in [0.2, 0.25) is 0 Å². The van der Waals surface area contributed by atoms with Gasteiger partial charge in [-0.1, -0.05) is 13.8 Å². The number of amides is 2. The van der Waals surface area contributed by atoms with E-state index in [1.54, 1.807) is 6.08 Å². The van der Waals surface area contributed by atoms with E-state index in [0.717, 1.165) is 43.7 Å². The molecule has 0 saturated carbocycles. The molecule has 0 radical (unpaired) electrons. The van der Waals surface area contributed by atoms with E-state index >= 15 is 0 Å². The Morgan fingerprint density at radius 1 is 1.32 bits per heavy atom. The number of anilines is 2. The highest BCUT2D eigenvalue weighted by Crippen LogP contribution is 2.39. The number of H-pyrrole nitrogens is 1. The molecule has 2 aromatic rings. The number of halogens is 1. The normalized spacial score (nSPS) is 18.4. The van der Waals surface area contributed by atoms with Crippen molar-refractivity contribution >= 4 is 34.8 Å². The zero-order valence-electron chi connectivity index (χ0n) is 22.7. The maximum absolute atomic E-state index is 14.9. The van der Waals surface area contributed by atoms with Crippen molar-refractivity contribution in [1.82, 2.24) is 14.8 Å². The lowest BCUT2D eigenvalue weighted by molar-refractivity contribution is -0.130. The highest BCUT2D eigenvalue weighted by atomic mass is 19.1. The van der Waals surface area contributed by atoms with Crippen LogP contribution in [0.4, 0.5) is 15.8 Å². The number of rotatable bonds is 8. The fourth-order valence-electron chi connectivity index (χ4n) is 5.01. The summed E-state index contributed by atoms with van der Waals surface area (Å²) < 4.78 is 14.9. The summed E-state index contributed by atoms with van der Waals surface area (Å²) in [5.41, 5.74) is 2.60. The maximum atomic E-state index is 14.9. The van der Waals surface area contributed by atoms with Crippen molar-refractivity contribution in [3.8, 4) is 0 Å². The molecule has 1 unspecified atom stereocenters. The van der Waals surface area contributed by atoms with E-state index in [-0.39, 0.29) is 11.6 Å². The number of benzene rings is 1. The Bertz CT molecular complexity index is 1260. The number of aromatic amines is 1. The molecule has 5 N–H and O–H groups in total. The van der Waals surface area contributed by atoms with Crippen LogP contribution in [0.15, 0.2) is 12.1 Å². The van der Waals surface area contributed by atoms with Gasteiger partial charge in [0.05, 0.1) is 11.3 Å². The Morgan fingerprint density at radius 2 is 2.03 bits per heavy atom. The van der Waals surface area contributed by atoms with E-state index < -0.39 is 23.6 Å². The number of aliphatic hydroxyl groups excluding tert-OH is 1. The minimum absolute atomic E-state index is 0.00628. The molecule has 2 aliphatic rings. The SMILES string of the molecule is CCN(CC)CCN1CCCc2[nH]c(/C=C3/c4cc(F)c(NC(=O)C(C)(C)O)cc4NC3O)c(C)c2C1=O. The molecule has 0 fully saturated rings. The van der Waals surface area contributed by atoms with Crippen LogP contribution in [0.25, 0.3) is 11.6 Å². The van der Waals surface area contributed by atoms with Gasteiger partial charge in [-0.15, -0.1) is 0 Å². The molecule has 9 nitrogen and oxygen atoms in total. The van der Waals surface area contributed by atoms with E-state index in [1.165, 1.54) is 26.0 Å². The quantitative estimate of drug-likeness (QED) is 0.360. The smallest absolute Gasteiger partial charge is 0.256 e. The largest absolute Gasteiger partial charge is 0.381 e. The van der Waals surface area contributed by atoms with Crippen LogP contribution in [0.5, 0.6) is 0 Å². The molecule has 2 aliphatic heterocycles. The van der Waals surface area contributed by atoms with Gasteiger partial charge in [0, 0.05) is 47.8 Å². The Hall–Kier alpha value is -3.21. The summed E-state index contributed by atoms with van der Waals surface area (Å²) in [6, 6.07) is 2.64. The third kappa shape index (κ3) is 5.48. The van der Waals surface area contributed by atoms with Gasteiger partial charge in [-0.25, -0.2) is 4.39 Å². The molecule has 206 valence electrons. The molecule has 1 aromatic carbocycles. The van der Waals surface area contributed by atoms with E-state index in [2.05, 4.69) is 34.4 Å². The number of nitrogens with zero attached hydrogens (tertiary/aromatic N) is 2. The monoisotopic (exact) mass is 527 g/mol. The lowest BCUT2D eigenvalue weighted by atomic mass is 10.0. The third-order valence-corrected chi connectivity index (χ3v) is 7.41. The van der Waals surface area contributed by atoms with Crippen LogP contribution in [0.2, 0.25) is 0 Å². The molecule has 38 heavy (non-hydrogen) atoms. The van der Waals surface area contributed by atoms with E-state index in [1.807, 2.05) is 11.8 Å². The summed E-state index contributed by atoms with van der Waals surface area (Å²) in [6.07, 6.45) is 2.23. The number of aromatic nitrogens is 1. The standard InChI is InChI=1S/C28H38FN5O4/c1-6-33(7-2)11-12-34-10-8-9-20-24(26(34)36)16(3)21(30-20)14-18-17-13-19(29)23(15-22(17)31-25(18)35)32-27(37)28(4,5)38/h13-15,25,30-31,35,38H,6-12H2,1-5H3,(H,32,37)/b18-14-. The van der Waals surface area contributed by atoms with E-state index in [0.29, 0.717) is 41.2 Å². The summed E-state index contributed by atoms with van der Waals surface area (Å²) in [5, 5.41) is 25.9. The molecular weight excluding hydrogens is 489 g/mol. The number of aliphatic hydroxyl groups is 2. The van der Waals surface area contributed by atoms with Gasteiger partial charge in [0.15, 0.2) is 6.23 Å². The molecule has 3 heterocycles. The van der Waals surface area contributed by atoms with E-state index in [9.17, 15) is 24.2 Å². The van der Waals surface area contributed by atoms with Crippen LogP contribution >= 0.6 is 0 Å². The molecular formula is C28H38FN5O4. The second-order valence-corrected chi connectivity index (χ2v) is 10.5. The Balaban J connectivity index is 1.63. The molecule has 4 rings (SSSR count). The summed E-state index contributed by atoms with van der Waals surface area (Å²) >= 11 is 0. The van der Waals surface area contributed by atoms with Gasteiger partial charge in [-0.05, 0) is 70.5 Å². The number of aryl methyl sites for hydroxylation is 1. The van der Waals surface area contributed by atoms with Crippen molar-refractivity contribution in [2.45, 2.75) is 59.3 Å². The zero-order valence-corrected chi connectivity index (χ0v) is 22.7. The second-order valence-electron chi connectivity index (χ2n) is 10.5. The zero-order chi connectivity index (χ0) is 27.8. The maximum Gasteiger partial charge on any atom is 0.256 e. The first-order valence-corrected chi connectivity index (χ1v) is 13.2. The van der Waals surface area contributed by atoms with Crippen molar-refractivity contribution in [2.75, 3.05) is 43.4 Å². The van der Waals surface area contributed by atoms with Crippen molar-refractivity contribution in [2.24, 2.45) is 0 Å². The number of carbonyl (C=O) groups is 2. The average molecular weight is 528 g/mol. The average Bonchev–Trinajstić information content (AvgIpc) is 3.26. The molecule has 0 saturated heterocycles. The molecule has 1 atom stereocenters. The Kier molecular flexibility index (Phi) is 7.96. The van der Waals surface area contributed by atoms with Gasteiger partial charge >= 0.3 is 0 Å². The molecule has 0 spiro atoms. The van der Waals surface area contributed by atoms with Crippen molar-refractivity contribution in [3.05, 3.63) is 46.0 Å². The highest BCUT2D eigenvalue weighted by molar-refractivity contribution is 6.01. The number of hydrogen-bond donors (Lipinski definition) is 5. The van der Waals surface area contributed by atoms with Gasteiger partial charge in [-0.2, -0.15) is 0 Å². The van der Waals surface area contributed by atoms with Crippen molar-refractivity contribution < 1.29 is 24.2 Å². The minimum atomic E-state index is -1.68. The summed E-state index contributed by atoms with van der Waals surface area (Å²) in [5.74, 6) is -1.43. The summed E-state index contributed by atoms with van der Waals surface area (Å²) in [7, 11) is 0. The third-order valence-electron chi connectivity index (χ3n) is 7.41. The summed E-state index contributed by atoms with van der Waals surface area (Å²) in [4.78, 5) is 33.2. The lowest BCUT2D eigenvalue weighted by Gasteiger charge is -2.25. The lowest BCUT2D eigenvalue weighted by Crippen LogP contribution is -2.38. The first-order chi connectivity index (χ1) is 17.9. The second kappa shape index (κ2) is 10.9. The molecule has 10 heteroatoms. The van der Waals surface area contributed by atoms with Crippen LogP contribution in [-0.4, -0.2) is 81.4 Å². The number of fused-ring (bicyclic) bond motifs is 2. The van der Waals surface area contributed by atoms with Gasteiger partial charge < -0.3 is 35.6 Å². The first-order valence-electron chi connectivity index (χ1n) is 13.2. The predicted molar refractivity (Wildman–Crippen MR) is 146 cm³/mol. The summed E-state index contributed by atoms with van der Waals surface area (Å²) in [6.45, 7) is 12.8. The van der Waals surface area contributed by atoms with Crippen LogP contribution in [0, 0.1) is 12.7 Å². The fraction of sp³-hybridized carbons (Fsp3) is 0.500. The molecule has 0 bridgehead atoms. The van der Waals surface area contributed by atoms with Crippen molar-refractivity contribution in [3.63, 3.8) is 0 Å².